The van der Waals surface area contributed by atoms with Gasteiger partial charge in [-0.2, -0.15) is 0 Å². The van der Waals surface area contributed by atoms with Crippen LogP contribution in [0.25, 0.3) is 11.0 Å². The number of rotatable bonds is 7. The Morgan fingerprint density at radius 2 is 1.78 bits per heavy atom. The number of fused-ring (bicyclic) bond motifs is 1. The lowest BCUT2D eigenvalue weighted by Gasteiger charge is -2.15. The summed E-state index contributed by atoms with van der Waals surface area (Å²) in [6.45, 7) is 3.44. The van der Waals surface area contributed by atoms with Gasteiger partial charge in [0.05, 0.1) is 12.0 Å². The molecule has 2 aromatic carbocycles. The summed E-state index contributed by atoms with van der Waals surface area (Å²) in [7, 11) is 0. The van der Waals surface area contributed by atoms with Crippen LogP contribution < -0.4 is 5.32 Å². The highest BCUT2D eigenvalue weighted by Gasteiger charge is 2.21. The van der Waals surface area contributed by atoms with Gasteiger partial charge in [-0.05, 0) is 31.0 Å². The van der Waals surface area contributed by atoms with E-state index >= 15 is 0 Å². The summed E-state index contributed by atoms with van der Waals surface area (Å²) in [5, 5.41) is 3.78. The molecule has 2 atom stereocenters. The zero-order chi connectivity index (χ0) is 19.2. The second kappa shape index (κ2) is 8.54. The van der Waals surface area contributed by atoms with Gasteiger partial charge in [-0.1, -0.05) is 55.5 Å². The molecule has 5 nitrogen and oxygen atoms in total. The molecule has 0 saturated carbocycles. The van der Waals surface area contributed by atoms with Gasteiger partial charge in [0.25, 0.3) is 5.91 Å². The van der Waals surface area contributed by atoms with E-state index in [-0.39, 0.29) is 24.5 Å². The van der Waals surface area contributed by atoms with Crippen molar-refractivity contribution in [3.05, 3.63) is 72.0 Å². The molecule has 0 bridgehead atoms. The van der Waals surface area contributed by atoms with E-state index in [1.807, 2.05) is 74.5 Å². The Hall–Kier alpha value is -3.08. The minimum atomic E-state index is -0.393. The van der Waals surface area contributed by atoms with Crippen LogP contribution in [0.1, 0.15) is 43.6 Å². The maximum Gasteiger partial charge on any atom is 0.313 e. The number of amides is 1. The highest BCUT2D eigenvalue weighted by molar-refractivity contribution is 5.84. The van der Waals surface area contributed by atoms with Crippen molar-refractivity contribution in [2.45, 2.75) is 32.2 Å². The Bertz CT molecular complexity index is 883. The van der Waals surface area contributed by atoms with Crippen molar-refractivity contribution < 1.29 is 18.7 Å². The predicted octanol–water partition coefficient (Wildman–Crippen LogP) is 4.35. The third-order valence-corrected chi connectivity index (χ3v) is 4.49. The minimum absolute atomic E-state index is 0.313. The van der Waals surface area contributed by atoms with Gasteiger partial charge in [0.2, 0.25) is 0 Å². The number of esters is 1. The van der Waals surface area contributed by atoms with Crippen molar-refractivity contribution in [2.75, 3.05) is 6.61 Å². The number of hydrogen-bond donors (Lipinski definition) is 1. The van der Waals surface area contributed by atoms with Gasteiger partial charge >= 0.3 is 5.97 Å². The van der Waals surface area contributed by atoms with Crippen LogP contribution in [0, 0.1) is 0 Å². The fourth-order valence-corrected chi connectivity index (χ4v) is 3.03. The van der Waals surface area contributed by atoms with E-state index in [1.54, 1.807) is 0 Å². The lowest BCUT2D eigenvalue weighted by Crippen LogP contribution is -2.31. The monoisotopic (exact) mass is 365 g/mol. The first-order valence-electron chi connectivity index (χ1n) is 9.08. The Balaban J connectivity index is 1.54. The van der Waals surface area contributed by atoms with E-state index in [1.165, 1.54) is 0 Å². The molecule has 5 heteroatoms. The molecule has 3 rings (SSSR count). The molecule has 140 valence electrons. The Kier molecular flexibility index (Phi) is 5.91. The summed E-state index contributed by atoms with van der Waals surface area (Å²) in [4.78, 5) is 24.5. The van der Waals surface area contributed by atoms with Crippen LogP contribution in [0.4, 0.5) is 0 Å². The highest BCUT2D eigenvalue weighted by Crippen LogP contribution is 2.24. The van der Waals surface area contributed by atoms with Crippen molar-refractivity contribution in [1.29, 1.82) is 0 Å². The van der Waals surface area contributed by atoms with E-state index in [0.717, 1.165) is 16.5 Å². The highest BCUT2D eigenvalue weighted by atomic mass is 16.5. The molecular weight excluding hydrogens is 342 g/mol. The number of carbonyl (C=O) groups excluding carboxylic acids is 2. The average molecular weight is 365 g/mol. The minimum Gasteiger partial charge on any atom is -0.459 e. The summed E-state index contributed by atoms with van der Waals surface area (Å²) < 4.78 is 11.0. The van der Waals surface area contributed by atoms with E-state index in [2.05, 4.69) is 5.32 Å². The zero-order valence-electron chi connectivity index (χ0n) is 15.5. The summed E-state index contributed by atoms with van der Waals surface area (Å²) in [5.74, 6) is -0.465. The number of furan rings is 1. The lowest BCUT2D eigenvalue weighted by molar-refractivity contribution is -0.150. The molecular formula is C22H23NO4. The first-order chi connectivity index (χ1) is 13.1. The molecule has 0 fully saturated rings. The standard InChI is InChI=1S/C22H23NO4/c1-3-18(16-9-5-4-6-10-16)22(25)26-14-21(24)23-15(2)20-13-17-11-7-8-12-19(17)27-20/h4-13,15,18H,3,14H2,1-2H3,(H,23,24)/t15-,18-/m1/s1. The fourth-order valence-electron chi connectivity index (χ4n) is 3.03. The molecule has 0 saturated heterocycles. The van der Waals surface area contributed by atoms with Gasteiger partial charge in [-0.25, -0.2) is 0 Å². The van der Waals surface area contributed by atoms with Crippen LogP contribution in [0.3, 0.4) is 0 Å². The van der Waals surface area contributed by atoms with Gasteiger partial charge in [0.1, 0.15) is 11.3 Å². The van der Waals surface area contributed by atoms with Crippen LogP contribution in [0.15, 0.2) is 65.1 Å². The van der Waals surface area contributed by atoms with Gasteiger partial charge in [0, 0.05) is 5.39 Å². The van der Waals surface area contributed by atoms with E-state index < -0.39 is 5.97 Å². The SMILES string of the molecule is CC[C@@H](C(=O)OCC(=O)N[C@H](C)c1cc2ccccc2o1)c1ccccc1. The van der Waals surface area contributed by atoms with E-state index in [9.17, 15) is 9.59 Å². The normalized spacial score (nSPS) is 13.1. The molecule has 27 heavy (non-hydrogen) atoms. The van der Waals surface area contributed by atoms with Crippen molar-refractivity contribution in [3.63, 3.8) is 0 Å². The summed E-state index contributed by atoms with van der Waals surface area (Å²) in [6.07, 6.45) is 0.611. The first-order valence-corrected chi connectivity index (χ1v) is 9.08. The van der Waals surface area contributed by atoms with Crippen LogP contribution in [-0.2, 0) is 14.3 Å². The molecule has 0 radical (unpaired) electrons. The van der Waals surface area contributed by atoms with Gasteiger partial charge in [-0.15, -0.1) is 0 Å². The summed E-state index contributed by atoms with van der Waals surface area (Å²) in [5.41, 5.74) is 1.66. The third kappa shape index (κ3) is 4.56. The van der Waals surface area contributed by atoms with E-state index in [4.69, 9.17) is 9.15 Å². The molecule has 0 aliphatic rings. The van der Waals surface area contributed by atoms with Crippen LogP contribution in [0.2, 0.25) is 0 Å². The quantitative estimate of drug-likeness (QED) is 0.632. The fraction of sp³-hybridized carbons (Fsp3) is 0.273. The second-order valence-electron chi connectivity index (χ2n) is 6.46. The largest absolute Gasteiger partial charge is 0.459 e. The van der Waals surface area contributed by atoms with Crippen molar-refractivity contribution in [1.82, 2.24) is 5.32 Å². The number of carbonyl (C=O) groups is 2. The van der Waals surface area contributed by atoms with Crippen LogP contribution in [0.5, 0.6) is 0 Å². The summed E-state index contributed by atoms with van der Waals surface area (Å²) in [6, 6.07) is 18.7. The van der Waals surface area contributed by atoms with Gasteiger partial charge in [-0.3, -0.25) is 9.59 Å². The zero-order valence-corrected chi connectivity index (χ0v) is 15.5. The average Bonchev–Trinajstić information content (AvgIpc) is 3.12. The Morgan fingerprint density at radius 1 is 1.07 bits per heavy atom. The molecule has 1 aromatic heterocycles. The van der Waals surface area contributed by atoms with Crippen molar-refractivity contribution in [2.24, 2.45) is 0 Å². The smallest absolute Gasteiger partial charge is 0.313 e. The topological polar surface area (TPSA) is 68.5 Å². The van der Waals surface area contributed by atoms with Crippen LogP contribution in [-0.4, -0.2) is 18.5 Å². The van der Waals surface area contributed by atoms with Crippen molar-refractivity contribution in [3.8, 4) is 0 Å². The molecule has 0 spiro atoms. The number of benzene rings is 2. The first kappa shape index (κ1) is 18.7. The molecule has 1 amide bonds. The Labute approximate surface area is 158 Å². The van der Waals surface area contributed by atoms with Gasteiger partial charge < -0.3 is 14.5 Å². The summed E-state index contributed by atoms with van der Waals surface area (Å²) >= 11 is 0. The van der Waals surface area contributed by atoms with Crippen LogP contribution >= 0.6 is 0 Å². The molecule has 0 aliphatic carbocycles. The molecule has 0 aliphatic heterocycles. The van der Waals surface area contributed by atoms with E-state index in [0.29, 0.717) is 12.2 Å². The number of para-hydroxylation sites is 1. The third-order valence-electron chi connectivity index (χ3n) is 4.49. The number of ether oxygens (including phenoxy) is 1. The van der Waals surface area contributed by atoms with Crippen molar-refractivity contribution >= 4 is 22.8 Å². The Morgan fingerprint density at radius 3 is 2.48 bits per heavy atom. The maximum atomic E-state index is 12.3. The number of nitrogens with one attached hydrogen (secondary N) is 1. The number of hydrogen-bond acceptors (Lipinski definition) is 4. The lowest BCUT2D eigenvalue weighted by atomic mass is 9.97. The molecule has 0 unspecified atom stereocenters. The predicted molar refractivity (Wildman–Crippen MR) is 103 cm³/mol. The molecule has 1 heterocycles. The maximum absolute atomic E-state index is 12.3. The second-order valence-corrected chi connectivity index (χ2v) is 6.46. The molecule has 1 N–H and O–H groups in total. The molecule has 3 aromatic rings. The van der Waals surface area contributed by atoms with Gasteiger partial charge in [0.15, 0.2) is 6.61 Å².